The lowest BCUT2D eigenvalue weighted by Crippen LogP contribution is -2.46. The Morgan fingerprint density at radius 2 is 2.44 bits per heavy atom. The van der Waals surface area contributed by atoms with Crippen molar-refractivity contribution in [2.45, 2.75) is 19.1 Å². The summed E-state index contributed by atoms with van der Waals surface area (Å²) in [7, 11) is 4.17. The topological polar surface area (TPSA) is 24.5 Å². The van der Waals surface area contributed by atoms with Gasteiger partial charge < -0.3 is 10.1 Å². The zero-order valence-corrected chi connectivity index (χ0v) is 11.0. The fraction of sp³-hybridized carbons (Fsp3) is 0.667. The lowest BCUT2D eigenvalue weighted by molar-refractivity contribution is -0.0596. The molecular weight excluding hydrogens is 220 g/mol. The van der Waals surface area contributed by atoms with Crippen LogP contribution in [0.5, 0.6) is 0 Å². The van der Waals surface area contributed by atoms with Gasteiger partial charge in [-0.05, 0) is 38.0 Å². The largest absolute Gasteiger partial charge is 0.374 e. The monoisotopic (exact) mass is 240 g/mol. The van der Waals surface area contributed by atoms with Crippen molar-refractivity contribution in [1.29, 1.82) is 0 Å². The van der Waals surface area contributed by atoms with Crippen molar-refractivity contribution in [3.63, 3.8) is 0 Å². The quantitative estimate of drug-likeness (QED) is 0.869. The van der Waals surface area contributed by atoms with E-state index in [1.54, 1.807) is 0 Å². The molecule has 1 aliphatic rings. The highest BCUT2D eigenvalue weighted by atomic mass is 32.1. The summed E-state index contributed by atoms with van der Waals surface area (Å²) < 4.78 is 5.88. The molecule has 2 atom stereocenters. The molecule has 2 rings (SSSR count). The van der Waals surface area contributed by atoms with Gasteiger partial charge in [-0.1, -0.05) is 0 Å². The van der Waals surface area contributed by atoms with E-state index in [9.17, 15) is 0 Å². The minimum atomic E-state index is 0.265. The summed E-state index contributed by atoms with van der Waals surface area (Å²) in [5, 5.41) is 5.39. The highest BCUT2D eigenvalue weighted by Gasteiger charge is 2.32. The molecule has 1 aromatic heterocycles. The van der Waals surface area contributed by atoms with Crippen molar-refractivity contribution in [1.82, 2.24) is 10.2 Å². The summed E-state index contributed by atoms with van der Waals surface area (Å²) in [6.07, 6.45) is 0.265. The molecule has 2 heterocycles. The number of hydrogen-bond acceptors (Lipinski definition) is 4. The molecule has 0 bridgehead atoms. The second-order valence-corrected chi connectivity index (χ2v) is 5.31. The highest BCUT2D eigenvalue weighted by Crippen LogP contribution is 2.33. The molecule has 0 aliphatic carbocycles. The summed E-state index contributed by atoms with van der Waals surface area (Å²) in [5.74, 6) is 0. The average molecular weight is 240 g/mol. The van der Waals surface area contributed by atoms with Crippen molar-refractivity contribution in [2.24, 2.45) is 0 Å². The highest BCUT2D eigenvalue weighted by molar-refractivity contribution is 7.10. The SMILES string of the molecule is CNCC1OCCN(C)C1c1sccc1C. The van der Waals surface area contributed by atoms with Crippen molar-refractivity contribution < 1.29 is 4.74 Å². The third kappa shape index (κ3) is 2.30. The van der Waals surface area contributed by atoms with Gasteiger partial charge in [-0.2, -0.15) is 0 Å². The molecule has 4 heteroatoms. The second-order valence-electron chi connectivity index (χ2n) is 4.36. The van der Waals surface area contributed by atoms with E-state index in [-0.39, 0.29) is 6.10 Å². The van der Waals surface area contributed by atoms with E-state index in [2.05, 4.69) is 35.6 Å². The van der Waals surface area contributed by atoms with Crippen LogP contribution in [0.25, 0.3) is 0 Å². The van der Waals surface area contributed by atoms with Gasteiger partial charge in [-0.15, -0.1) is 11.3 Å². The van der Waals surface area contributed by atoms with Crippen LogP contribution in [-0.2, 0) is 4.74 Å². The lowest BCUT2D eigenvalue weighted by atomic mass is 10.0. The molecular formula is C12H20N2OS. The maximum Gasteiger partial charge on any atom is 0.0904 e. The van der Waals surface area contributed by atoms with Gasteiger partial charge in [0.25, 0.3) is 0 Å². The Labute approximate surface area is 101 Å². The molecule has 1 N–H and O–H groups in total. The number of morpholine rings is 1. The molecule has 16 heavy (non-hydrogen) atoms. The number of aryl methyl sites for hydroxylation is 1. The molecule has 0 amide bonds. The van der Waals surface area contributed by atoms with E-state index >= 15 is 0 Å². The number of likely N-dealkylation sites (N-methyl/N-ethyl adjacent to an activating group) is 2. The maximum atomic E-state index is 5.88. The number of hydrogen-bond donors (Lipinski definition) is 1. The summed E-state index contributed by atoms with van der Waals surface area (Å²) in [6.45, 7) is 4.95. The van der Waals surface area contributed by atoms with Crippen molar-refractivity contribution in [2.75, 3.05) is 33.8 Å². The first-order valence-electron chi connectivity index (χ1n) is 5.74. The first kappa shape index (κ1) is 12.0. The van der Waals surface area contributed by atoms with E-state index in [0.29, 0.717) is 6.04 Å². The van der Waals surface area contributed by atoms with Crippen LogP contribution < -0.4 is 5.32 Å². The first-order chi connectivity index (χ1) is 7.74. The molecule has 0 saturated carbocycles. The first-order valence-corrected chi connectivity index (χ1v) is 6.62. The van der Waals surface area contributed by atoms with Crippen LogP contribution >= 0.6 is 11.3 Å². The Hall–Kier alpha value is -0.420. The van der Waals surface area contributed by atoms with Crippen LogP contribution in [0, 0.1) is 6.92 Å². The van der Waals surface area contributed by atoms with Gasteiger partial charge >= 0.3 is 0 Å². The Morgan fingerprint density at radius 1 is 1.62 bits per heavy atom. The summed E-state index contributed by atoms with van der Waals surface area (Å²) in [6, 6.07) is 2.60. The molecule has 1 aromatic rings. The smallest absolute Gasteiger partial charge is 0.0904 e. The molecule has 1 aliphatic heterocycles. The summed E-state index contributed by atoms with van der Waals surface area (Å²) in [5.41, 5.74) is 1.38. The Kier molecular flexibility index (Phi) is 3.97. The van der Waals surface area contributed by atoms with Gasteiger partial charge in [0.15, 0.2) is 0 Å². The summed E-state index contributed by atoms with van der Waals surface area (Å²) >= 11 is 1.84. The van der Waals surface area contributed by atoms with E-state index in [1.165, 1.54) is 10.4 Å². The van der Waals surface area contributed by atoms with Crippen LogP contribution in [0.4, 0.5) is 0 Å². The van der Waals surface area contributed by atoms with E-state index < -0.39 is 0 Å². The average Bonchev–Trinajstić information content (AvgIpc) is 2.65. The number of nitrogens with one attached hydrogen (secondary N) is 1. The normalized spacial score (nSPS) is 27.2. The Balaban J connectivity index is 2.22. The predicted octanol–water partition coefficient (Wildman–Crippen LogP) is 1.65. The molecule has 0 aromatic carbocycles. The number of rotatable bonds is 3. The van der Waals surface area contributed by atoms with Gasteiger partial charge in [-0.25, -0.2) is 0 Å². The van der Waals surface area contributed by atoms with Gasteiger partial charge in [-0.3, -0.25) is 4.90 Å². The second kappa shape index (κ2) is 5.27. The van der Waals surface area contributed by atoms with E-state index in [1.807, 2.05) is 18.4 Å². The third-order valence-electron chi connectivity index (χ3n) is 3.18. The molecule has 0 radical (unpaired) electrons. The fourth-order valence-electron chi connectivity index (χ4n) is 2.29. The number of nitrogens with zero attached hydrogens (tertiary/aromatic N) is 1. The van der Waals surface area contributed by atoms with Gasteiger partial charge in [0, 0.05) is 18.0 Å². The lowest BCUT2D eigenvalue weighted by Gasteiger charge is -2.39. The van der Waals surface area contributed by atoms with Crippen molar-refractivity contribution in [3.05, 3.63) is 21.9 Å². The minimum absolute atomic E-state index is 0.265. The number of ether oxygens (including phenoxy) is 1. The van der Waals surface area contributed by atoms with Crippen LogP contribution in [0.15, 0.2) is 11.4 Å². The number of thiophene rings is 1. The van der Waals surface area contributed by atoms with Crippen molar-refractivity contribution in [3.8, 4) is 0 Å². The van der Waals surface area contributed by atoms with Crippen LogP contribution in [-0.4, -0.2) is 44.8 Å². The maximum absolute atomic E-state index is 5.88. The Morgan fingerprint density at radius 3 is 3.06 bits per heavy atom. The Bertz CT molecular complexity index is 338. The molecule has 0 spiro atoms. The van der Waals surface area contributed by atoms with Gasteiger partial charge in [0.05, 0.1) is 18.8 Å². The predicted molar refractivity (Wildman–Crippen MR) is 68.1 cm³/mol. The van der Waals surface area contributed by atoms with Gasteiger partial charge in [0.2, 0.25) is 0 Å². The van der Waals surface area contributed by atoms with Crippen molar-refractivity contribution >= 4 is 11.3 Å². The minimum Gasteiger partial charge on any atom is -0.374 e. The summed E-state index contributed by atoms with van der Waals surface area (Å²) in [4.78, 5) is 3.85. The molecule has 90 valence electrons. The van der Waals surface area contributed by atoms with Crippen LogP contribution in [0.1, 0.15) is 16.5 Å². The standard InChI is InChI=1S/C12H20N2OS/c1-9-4-7-16-12(9)11-10(8-13-2)15-6-5-14(11)3/h4,7,10-11,13H,5-6,8H2,1-3H3. The zero-order valence-electron chi connectivity index (χ0n) is 10.2. The molecule has 2 unspecified atom stereocenters. The van der Waals surface area contributed by atoms with E-state index in [0.717, 1.165) is 19.7 Å². The van der Waals surface area contributed by atoms with Gasteiger partial charge in [0.1, 0.15) is 0 Å². The third-order valence-corrected chi connectivity index (χ3v) is 4.27. The molecule has 3 nitrogen and oxygen atoms in total. The zero-order chi connectivity index (χ0) is 11.5. The molecule has 1 fully saturated rings. The molecule has 1 saturated heterocycles. The van der Waals surface area contributed by atoms with E-state index in [4.69, 9.17) is 4.74 Å². The fourth-order valence-corrected chi connectivity index (χ4v) is 3.43. The van der Waals surface area contributed by atoms with Crippen LogP contribution in [0.3, 0.4) is 0 Å². The van der Waals surface area contributed by atoms with Crippen LogP contribution in [0.2, 0.25) is 0 Å².